The molecule has 0 aromatic rings. The molecule has 12 nitrogen and oxygen atoms in total. The van der Waals surface area contributed by atoms with Crippen LogP contribution in [0.1, 0.15) is 523 Å². The Morgan fingerprint density at radius 1 is 0.181 bits per heavy atom. The van der Waals surface area contributed by atoms with E-state index in [4.69, 9.17) is 0 Å². The molecule has 3 amide bonds. The summed E-state index contributed by atoms with van der Waals surface area (Å²) in [4.78, 5) is 71.7. The highest BCUT2D eigenvalue weighted by molar-refractivity contribution is 5.80. The second-order valence-corrected chi connectivity index (χ2v) is 32.2. The Kier molecular flexibility index (Phi) is 93.2. The third-order valence-electron chi connectivity index (χ3n) is 21.3. The van der Waals surface area contributed by atoms with Crippen molar-refractivity contribution in [2.75, 3.05) is 19.6 Å². The summed E-state index contributed by atoms with van der Waals surface area (Å²) in [7, 11) is 0. The lowest BCUT2D eigenvalue weighted by Gasteiger charge is -2.10. The molecule has 0 rings (SSSR count). The zero-order chi connectivity index (χ0) is 77.5. The Labute approximate surface area is 652 Å². The van der Waals surface area contributed by atoms with Crippen molar-refractivity contribution in [2.45, 2.75) is 541 Å². The molecule has 624 valence electrons. The molecule has 0 radical (unpaired) electrons. The van der Waals surface area contributed by atoms with Crippen LogP contribution in [0.25, 0.3) is 0 Å². The molecule has 0 spiro atoms. The second kappa shape index (κ2) is 91.9. The van der Waals surface area contributed by atoms with Gasteiger partial charge in [0.1, 0.15) is 17.3 Å². The average Bonchev–Trinajstić information content (AvgIpc) is 3.61. The molecule has 6 N–H and O–H groups in total. The molecular formula is C93H183N3O9. The first-order chi connectivity index (χ1) is 51.3. The molecule has 0 saturated heterocycles. The van der Waals surface area contributed by atoms with Gasteiger partial charge in [0.2, 0.25) is 17.7 Å². The first-order valence-electron chi connectivity index (χ1n) is 46.7. The minimum Gasteiger partial charge on any atom is -0.393 e. The smallest absolute Gasteiger partial charge is 0.219 e. The topological polar surface area (TPSA) is 199 Å². The van der Waals surface area contributed by atoms with Crippen LogP contribution in [0, 0.1) is 0 Å². The predicted octanol–water partition coefficient (Wildman–Crippen LogP) is 26.5. The standard InChI is InChI=1S/C39H77NO4.C31H61NO3.C23H45NO2/c1-3-5-7-21-28-36(41)30-23-17-13-9-10-14-19-25-32-38(43)33-27-35-40-39(44)34-26-20-16-12-11-15-18-24-31-37(42)29-22-8-6-4-2;1-3-5-7-9-12-15-20-25-30(34)26-22-28-32-31(35)27-21-17-14-11-10-13-16-19-24-29(33)23-18-8-6-4-2;1-3-5-7-9-11-13-15-18-22(25)19-17-21-24-23(26)20-16-14-12-10-8-6-4-2/h36-37,41-42H,3-35H2,1-2H3,(H,40,44);29,33H,3-28H2,1-2H3,(H,32,35);3-21H2,1-2H3,(H,24,26). The molecule has 0 aliphatic heterocycles. The van der Waals surface area contributed by atoms with E-state index in [0.29, 0.717) is 88.4 Å². The third-order valence-corrected chi connectivity index (χ3v) is 21.3. The molecule has 0 aliphatic rings. The van der Waals surface area contributed by atoms with Crippen LogP contribution in [0.3, 0.4) is 0 Å². The number of nitrogens with one attached hydrogen (secondary N) is 3. The first-order valence-corrected chi connectivity index (χ1v) is 46.7. The number of unbranched alkanes of at least 4 members (excludes halogenated alkanes) is 48. The number of ketones is 3. The zero-order valence-corrected chi connectivity index (χ0v) is 71.2. The zero-order valence-electron chi connectivity index (χ0n) is 71.2. The SMILES string of the molecule is CCCCCCC(O)CCCCCCCCCCC(=O)CCCNC(=O)CCCCCCCCCCC(O)CCCCCC.CCCCCCCCCC(=O)CCCNC(=O)CCCCCCCCC.CCCCCCCCCC(=O)CCCNC(=O)CCCCCCCCCCC(O)CCCCCC. The Morgan fingerprint density at radius 2 is 0.314 bits per heavy atom. The van der Waals surface area contributed by atoms with E-state index in [1.165, 1.54) is 283 Å². The van der Waals surface area contributed by atoms with Crippen molar-refractivity contribution in [3.63, 3.8) is 0 Å². The van der Waals surface area contributed by atoms with Gasteiger partial charge in [-0.25, -0.2) is 0 Å². The number of Topliss-reactive ketones (excluding diaryl/α,β-unsaturated/α-hetero) is 3. The number of rotatable bonds is 84. The summed E-state index contributed by atoms with van der Waals surface area (Å²) in [6, 6.07) is 0. The van der Waals surface area contributed by atoms with Gasteiger partial charge in [-0.3, -0.25) is 28.8 Å². The van der Waals surface area contributed by atoms with Gasteiger partial charge < -0.3 is 31.3 Å². The number of carbonyl (C=O) groups excluding carboxylic acids is 6. The maximum Gasteiger partial charge on any atom is 0.219 e. The van der Waals surface area contributed by atoms with Gasteiger partial charge in [0.25, 0.3) is 0 Å². The van der Waals surface area contributed by atoms with Gasteiger partial charge in [-0.1, -0.05) is 369 Å². The van der Waals surface area contributed by atoms with Gasteiger partial charge >= 0.3 is 0 Å². The lowest BCUT2D eigenvalue weighted by Crippen LogP contribution is -2.24. The molecule has 0 heterocycles. The molecular weight excluding hydrogens is 1300 g/mol. The van der Waals surface area contributed by atoms with E-state index in [9.17, 15) is 44.1 Å². The van der Waals surface area contributed by atoms with Crippen molar-refractivity contribution in [1.29, 1.82) is 0 Å². The van der Waals surface area contributed by atoms with Gasteiger partial charge in [-0.2, -0.15) is 0 Å². The number of hydrogen-bond acceptors (Lipinski definition) is 9. The summed E-state index contributed by atoms with van der Waals surface area (Å²) >= 11 is 0. The summed E-state index contributed by atoms with van der Waals surface area (Å²) in [5.41, 5.74) is 0. The molecule has 0 saturated carbocycles. The number of amides is 3. The van der Waals surface area contributed by atoms with Gasteiger partial charge in [0, 0.05) is 77.4 Å². The molecule has 0 fully saturated rings. The Balaban J connectivity index is -0.00000154. The van der Waals surface area contributed by atoms with E-state index in [1.807, 2.05) is 0 Å². The fourth-order valence-electron chi connectivity index (χ4n) is 14.0. The molecule has 0 aromatic carbocycles. The lowest BCUT2D eigenvalue weighted by atomic mass is 10.0. The van der Waals surface area contributed by atoms with Crippen molar-refractivity contribution in [2.24, 2.45) is 0 Å². The molecule has 0 bridgehead atoms. The van der Waals surface area contributed by atoms with Crippen LogP contribution in [0.4, 0.5) is 0 Å². The van der Waals surface area contributed by atoms with Crippen molar-refractivity contribution in [3.8, 4) is 0 Å². The van der Waals surface area contributed by atoms with Gasteiger partial charge in [0.05, 0.1) is 18.3 Å². The minimum atomic E-state index is -0.0959. The monoisotopic (exact) mass is 1490 g/mol. The van der Waals surface area contributed by atoms with Crippen LogP contribution in [0.15, 0.2) is 0 Å². The predicted molar refractivity (Wildman–Crippen MR) is 452 cm³/mol. The summed E-state index contributed by atoms with van der Waals surface area (Å²) in [5, 5.41) is 39.0. The summed E-state index contributed by atoms with van der Waals surface area (Å²) in [5.74, 6) is 1.47. The van der Waals surface area contributed by atoms with E-state index in [0.717, 1.165) is 148 Å². The number of hydrogen-bond donors (Lipinski definition) is 6. The molecule has 105 heavy (non-hydrogen) atoms. The van der Waals surface area contributed by atoms with Crippen molar-refractivity contribution in [3.05, 3.63) is 0 Å². The van der Waals surface area contributed by atoms with E-state index in [-0.39, 0.29) is 36.0 Å². The van der Waals surface area contributed by atoms with Crippen molar-refractivity contribution in [1.82, 2.24) is 16.0 Å². The second-order valence-electron chi connectivity index (χ2n) is 32.2. The maximum absolute atomic E-state index is 12.1. The van der Waals surface area contributed by atoms with Gasteiger partial charge in [-0.05, 0) is 96.3 Å². The van der Waals surface area contributed by atoms with E-state index >= 15 is 0 Å². The molecule has 0 aliphatic carbocycles. The summed E-state index contributed by atoms with van der Waals surface area (Å²) in [6.07, 6.45) is 83.1. The lowest BCUT2D eigenvalue weighted by molar-refractivity contribution is -0.122. The number of aliphatic hydroxyl groups is 3. The molecule has 0 aromatic heterocycles. The van der Waals surface area contributed by atoms with Crippen LogP contribution >= 0.6 is 0 Å². The van der Waals surface area contributed by atoms with E-state index in [2.05, 4.69) is 57.5 Å². The van der Waals surface area contributed by atoms with Gasteiger partial charge in [-0.15, -0.1) is 0 Å². The average molecular weight is 1490 g/mol. The Morgan fingerprint density at radius 3 is 0.495 bits per heavy atom. The fourth-order valence-corrected chi connectivity index (χ4v) is 14.0. The highest BCUT2D eigenvalue weighted by Gasteiger charge is 2.11. The molecule has 3 unspecified atom stereocenters. The van der Waals surface area contributed by atoms with Crippen LogP contribution < -0.4 is 16.0 Å². The van der Waals surface area contributed by atoms with Crippen LogP contribution in [0.2, 0.25) is 0 Å². The normalized spacial score (nSPS) is 12.1. The number of aliphatic hydroxyl groups excluding tert-OH is 3. The van der Waals surface area contributed by atoms with Crippen LogP contribution in [-0.4, -0.2) is 88.3 Å². The number of carbonyl (C=O) groups is 6. The highest BCUT2D eigenvalue weighted by Crippen LogP contribution is 2.20. The quantitative estimate of drug-likeness (QED) is 0.0321. The minimum absolute atomic E-state index is 0.0894. The van der Waals surface area contributed by atoms with E-state index < -0.39 is 0 Å². The molecule has 3 atom stereocenters. The summed E-state index contributed by atoms with van der Waals surface area (Å²) < 4.78 is 0. The Hall–Kier alpha value is -2.70. The van der Waals surface area contributed by atoms with Crippen LogP contribution in [0.5, 0.6) is 0 Å². The fraction of sp³-hybridized carbons (Fsp3) is 0.935. The maximum atomic E-state index is 12.1. The highest BCUT2D eigenvalue weighted by atomic mass is 16.3. The van der Waals surface area contributed by atoms with Crippen molar-refractivity contribution < 1.29 is 44.1 Å². The van der Waals surface area contributed by atoms with Gasteiger partial charge in [0.15, 0.2) is 0 Å². The largest absolute Gasteiger partial charge is 0.393 e. The first kappa shape index (κ1) is 106. The third kappa shape index (κ3) is 95.4. The summed E-state index contributed by atoms with van der Waals surface area (Å²) in [6.45, 7) is 15.3. The van der Waals surface area contributed by atoms with Crippen LogP contribution in [-0.2, 0) is 28.8 Å². The van der Waals surface area contributed by atoms with Crippen molar-refractivity contribution >= 4 is 35.1 Å². The Bertz CT molecular complexity index is 1710. The van der Waals surface area contributed by atoms with E-state index in [1.54, 1.807) is 0 Å². The molecule has 12 heteroatoms.